The first-order valence-corrected chi connectivity index (χ1v) is 11.7. The number of carbonyl (C=O) groups is 5. The van der Waals surface area contributed by atoms with Gasteiger partial charge in [0.25, 0.3) is 0 Å². The van der Waals surface area contributed by atoms with Crippen LogP contribution in [0.25, 0.3) is 0 Å². The Kier molecular flexibility index (Phi) is 5.55. The second-order valence-electron chi connectivity index (χ2n) is 11.1. The molecule has 0 aliphatic heterocycles. The topological polar surface area (TPSA) is 186 Å². The van der Waals surface area contributed by atoms with E-state index in [4.69, 9.17) is 0 Å². The summed E-state index contributed by atoms with van der Waals surface area (Å²) in [7, 11) is 0. The summed E-state index contributed by atoms with van der Waals surface area (Å²) >= 11 is 0. The first-order chi connectivity index (χ1) is 16.5. The first kappa shape index (κ1) is 26.3. The number of phenolic OH excluding ortho intramolecular Hbond substituents is 1. The highest BCUT2D eigenvalue weighted by atomic mass is 16.3. The van der Waals surface area contributed by atoms with Gasteiger partial charge in [-0.2, -0.15) is 0 Å². The molecule has 10 heteroatoms. The van der Waals surface area contributed by atoms with Crippen LogP contribution in [-0.4, -0.2) is 72.8 Å². The Morgan fingerprint density at radius 3 is 2.11 bits per heavy atom. The van der Waals surface area contributed by atoms with Gasteiger partial charge in [0.1, 0.15) is 23.1 Å². The molecule has 1 aromatic rings. The van der Waals surface area contributed by atoms with E-state index in [1.165, 1.54) is 19.1 Å². The molecule has 8 atom stereocenters. The number of Topliss-reactive ketones (excluding diaryl/α,β-unsaturated/α-hetero) is 5. The van der Waals surface area contributed by atoms with Gasteiger partial charge in [-0.25, -0.2) is 0 Å². The normalized spacial score (nSPS) is 42.2. The number of phenols is 1. The molecule has 2 fully saturated rings. The highest BCUT2D eigenvalue weighted by Crippen LogP contribution is 2.67. The summed E-state index contributed by atoms with van der Waals surface area (Å²) in [5.74, 6) is -12.5. The Hall–Kier alpha value is -2.79. The van der Waals surface area contributed by atoms with Crippen LogP contribution >= 0.6 is 0 Å². The van der Waals surface area contributed by atoms with Crippen molar-refractivity contribution in [3.05, 3.63) is 29.3 Å². The van der Waals surface area contributed by atoms with E-state index in [0.717, 1.165) is 19.9 Å². The van der Waals surface area contributed by atoms with E-state index >= 15 is 0 Å². The maximum absolute atomic E-state index is 14.2. The summed E-state index contributed by atoms with van der Waals surface area (Å²) in [6, 6.07) is 3.70. The van der Waals surface area contributed by atoms with Crippen LogP contribution in [0.5, 0.6) is 5.75 Å². The van der Waals surface area contributed by atoms with E-state index < -0.39 is 98.6 Å². The molecule has 0 bridgehead atoms. The average molecular weight is 503 g/mol. The molecular weight excluding hydrogens is 472 g/mol. The molecule has 5 N–H and O–H groups in total. The lowest BCUT2D eigenvalue weighted by Crippen LogP contribution is -2.84. The number of carbonyl (C=O) groups excluding carboxylic acids is 5. The number of benzene rings is 1. The lowest BCUT2D eigenvalue weighted by atomic mass is 9.36. The van der Waals surface area contributed by atoms with Gasteiger partial charge >= 0.3 is 0 Å². The Labute approximate surface area is 206 Å². The minimum Gasteiger partial charge on any atom is -0.507 e. The number of ketones is 5. The summed E-state index contributed by atoms with van der Waals surface area (Å²) in [5, 5.41) is 56.6. The highest BCUT2D eigenvalue weighted by molar-refractivity contribution is 6.33. The second-order valence-corrected chi connectivity index (χ2v) is 11.1. The smallest absolute Gasteiger partial charge is 0.191 e. The number of aliphatic hydroxyl groups is 4. The number of rotatable bonds is 3. The van der Waals surface area contributed by atoms with Gasteiger partial charge in [0.2, 0.25) is 0 Å². The fourth-order valence-corrected chi connectivity index (χ4v) is 7.42. The van der Waals surface area contributed by atoms with Gasteiger partial charge in [-0.1, -0.05) is 39.8 Å². The average Bonchev–Trinajstić information content (AvgIpc) is 2.79. The zero-order valence-corrected chi connectivity index (χ0v) is 20.6. The highest BCUT2D eigenvalue weighted by Gasteiger charge is 2.83. The van der Waals surface area contributed by atoms with Crippen molar-refractivity contribution < 1.29 is 49.5 Å². The van der Waals surface area contributed by atoms with Gasteiger partial charge in [0.05, 0.1) is 24.2 Å². The molecule has 3 aliphatic carbocycles. The minimum atomic E-state index is -3.15. The van der Waals surface area contributed by atoms with Crippen LogP contribution in [0, 0.1) is 34.5 Å². The SMILES string of the molecule is CC(=O)C1C(=O)C(C(C)C)[C@@]2(C)[C@H](O)[C@]3(C)C(C(=O)c4c(O)cccc4C3(O)CO)C(=O)[C@@]2(O)C1=O. The van der Waals surface area contributed by atoms with Crippen LogP contribution in [0.3, 0.4) is 0 Å². The largest absolute Gasteiger partial charge is 0.507 e. The molecule has 194 valence electrons. The van der Waals surface area contributed by atoms with E-state index in [9.17, 15) is 49.5 Å². The van der Waals surface area contributed by atoms with Crippen LogP contribution in [-0.2, 0) is 24.8 Å². The monoisotopic (exact) mass is 502 g/mol. The second kappa shape index (κ2) is 7.61. The minimum absolute atomic E-state index is 0.245. The van der Waals surface area contributed by atoms with Crippen molar-refractivity contribution in [2.75, 3.05) is 6.61 Å². The third-order valence-corrected chi connectivity index (χ3v) is 9.18. The summed E-state index contributed by atoms with van der Waals surface area (Å²) in [6.45, 7) is 5.33. The lowest BCUT2D eigenvalue weighted by molar-refractivity contribution is -0.275. The summed E-state index contributed by atoms with van der Waals surface area (Å²) < 4.78 is 0. The Morgan fingerprint density at radius 1 is 1.03 bits per heavy atom. The van der Waals surface area contributed by atoms with Crippen molar-refractivity contribution in [3.63, 3.8) is 0 Å². The molecule has 4 unspecified atom stereocenters. The van der Waals surface area contributed by atoms with Gasteiger partial charge in [-0.3, -0.25) is 24.0 Å². The number of fused-ring (bicyclic) bond motifs is 3. The molecule has 1 aromatic carbocycles. The van der Waals surface area contributed by atoms with Crippen LogP contribution in [0.1, 0.15) is 50.5 Å². The third-order valence-electron chi connectivity index (χ3n) is 9.18. The number of hydrogen-bond acceptors (Lipinski definition) is 10. The maximum atomic E-state index is 14.2. The van der Waals surface area contributed by atoms with E-state index in [-0.39, 0.29) is 5.56 Å². The summed E-state index contributed by atoms with van der Waals surface area (Å²) in [5.41, 5.74) is -10.9. The van der Waals surface area contributed by atoms with Crippen LogP contribution in [0.15, 0.2) is 18.2 Å². The zero-order valence-electron chi connectivity index (χ0n) is 20.6. The molecule has 3 aliphatic rings. The lowest BCUT2D eigenvalue weighted by Gasteiger charge is -2.67. The van der Waals surface area contributed by atoms with Gasteiger partial charge in [-0.05, 0) is 18.9 Å². The molecular formula is C26H30O10. The van der Waals surface area contributed by atoms with Crippen LogP contribution in [0.2, 0.25) is 0 Å². The van der Waals surface area contributed by atoms with Gasteiger partial charge < -0.3 is 25.5 Å². The van der Waals surface area contributed by atoms with E-state index in [0.29, 0.717) is 0 Å². The fraction of sp³-hybridized carbons (Fsp3) is 0.577. The van der Waals surface area contributed by atoms with Gasteiger partial charge in [0, 0.05) is 22.3 Å². The predicted molar refractivity (Wildman–Crippen MR) is 122 cm³/mol. The van der Waals surface area contributed by atoms with E-state index in [1.807, 2.05) is 0 Å². The molecule has 10 nitrogen and oxygen atoms in total. The third kappa shape index (κ3) is 2.53. The predicted octanol–water partition coefficient (Wildman–Crippen LogP) is -0.299. The molecule has 0 aromatic heterocycles. The Balaban J connectivity index is 2.14. The van der Waals surface area contributed by atoms with Crippen LogP contribution < -0.4 is 0 Å². The molecule has 0 radical (unpaired) electrons. The van der Waals surface area contributed by atoms with Crippen LogP contribution in [0.4, 0.5) is 0 Å². The molecule has 0 heterocycles. The van der Waals surface area contributed by atoms with Crippen molar-refractivity contribution >= 4 is 28.9 Å². The quantitative estimate of drug-likeness (QED) is 0.344. The van der Waals surface area contributed by atoms with E-state index in [2.05, 4.69) is 0 Å². The van der Waals surface area contributed by atoms with Crippen molar-refractivity contribution in [2.24, 2.45) is 34.5 Å². The molecule has 0 saturated heterocycles. The molecule has 36 heavy (non-hydrogen) atoms. The standard InChI is InChI=1S/C26H30O10/c1-10(2)16-18(30)14(11(3)28)20(32)26(36)21(33)17-19(31)15-12(7-6-8-13(15)29)25(35,9-27)23(17,4)22(34)24(16,26)5/h6-8,10,14,16-17,22,27,29,34-36H,9H2,1-5H3/t14?,16?,17?,22-,23+,24+,25?,26+/m1/s1. The van der Waals surface area contributed by atoms with Crippen molar-refractivity contribution in [1.82, 2.24) is 0 Å². The first-order valence-electron chi connectivity index (χ1n) is 11.7. The number of aliphatic hydroxyl groups excluding tert-OH is 2. The fourth-order valence-electron chi connectivity index (χ4n) is 7.42. The van der Waals surface area contributed by atoms with Crippen molar-refractivity contribution in [2.45, 2.75) is 51.9 Å². The summed E-state index contributed by atoms with van der Waals surface area (Å²) in [4.78, 5) is 67.3. The van der Waals surface area contributed by atoms with E-state index in [1.54, 1.807) is 13.8 Å². The Bertz CT molecular complexity index is 1240. The molecule has 4 rings (SSSR count). The zero-order chi connectivity index (χ0) is 27.3. The number of hydrogen-bond donors (Lipinski definition) is 5. The Morgan fingerprint density at radius 2 is 1.61 bits per heavy atom. The van der Waals surface area contributed by atoms with Crippen molar-refractivity contribution in [3.8, 4) is 5.75 Å². The van der Waals surface area contributed by atoms with Gasteiger partial charge in [0.15, 0.2) is 28.7 Å². The molecule has 0 amide bonds. The molecule has 2 saturated carbocycles. The number of aromatic hydroxyl groups is 1. The van der Waals surface area contributed by atoms with Crippen molar-refractivity contribution in [1.29, 1.82) is 0 Å². The maximum Gasteiger partial charge on any atom is 0.191 e. The molecule has 0 spiro atoms. The van der Waals surface area contributed by atoms with Gasteiger partial charge in [-0.15, -0.1) is 0 Å². The summed E-state index contributed by atoms with van der Waals surface area (Å²) in [6.07, 6.45) is -2.08.